The number of hydrogen-bond acceptors (Lipinski definition) is 2. The highest BCUT2D eigenvalue weighted by molar-refractivity contribution is 6.30. The Balaban J connectivity index is 2.41. The van der Waals surface area contributed by atoms with Crippen molar-refractivity contribution in [1.82, 2.24) is 0 Å². The smallest absolute Gasteiger partial charge is 0.141 e. The SMILES string of the molecule is OC1CN=CC=C1c1ccc(F)c(Cl)c1. The third kappa shape index (κ3) is 2.08. The summed E-state index contributed by atoms with van der Waals surface area (Å²) in [5.74, 6) is -0.458. The molecular formula is C11H9ClFNO. The van der Waals surface area contributed by atoms with Crippen molar-refractivity contribution in [3.05, 3.63) is 40.7 Å². The van der Waals surface area contributed by atoms with E-state index in [1.807, 2.05) is 0 Å². The zero-order valence-corrected chi connectivity index (χ0v) is 8.58. The fraction of sp³-hybridized carbons (Fsp3) is 0.182. The first-order valence-electron chi connectivity index (χ1n) is 4.52. The Morgan fingerprint density at radius 3 is 2.93 bits per heavy atom. The molecule has 0 saturated carbocycles. The molecule has 1 heterocycles. The lowest BCUT2D eigenvalue weighted by atomic mass is 9.99. The first-order chi connectivity index (χ1) is 7.18. The van der Waals surface area contributed by atoms with Gasteiger partial charge in [-0.05, 0) is 29.3 Å². The molecule has 1 aromatic rings. The molecule has 1 aliphatic rings. The van der Waals surface area contributed by atoms with Gasteiger partial charge in [0.15, 0.2) is 0 Å². The molecule has 0 aromatic heterocycles. The highest BCUT2D eigenvalue weighted by Gasteiger charge is 2.15. The summed E-state index contributed by atoms with van der Waals surface area (Å²) in [5, 5.41) is 9.72. The minimum atomic E-state index is -0.642. The highest BCUT2D eigenvalue weighted by atomic mass is 35.5. The predicted molar refractivity (Wildman–Crippen MR) is 58.8 cm³/mol. The normalized spacial score (nSPS) is 20.2. The van der Waals surface area contributed by atoms with Gasteiger partial charge in [-0.25, -0.2) is 4.39 Å². The molecule has 4 heteroatoms. The number of halogens is 2. The number of allylic oxidation sites excluding steroid dienone is 1. The number of nitrogens with zero attached hydrogens (tertiary/aromatic N) is 1. The van der Waals surface area contributed by atoms with Gasteiger partial charge in [-0.2, -0.15) is 0 Å². The van der Waals surface area contributed by atoms with Gasteiger partial charge in [-0.3, -0.25) is 4.99 Å². The van der Waals surface area contributed by atoms with Crippen LogP contribution in [0.25, 0.3) is 5.57 Å². The molecule has 15 heavy (non-hydrogen) atoms. The van der Waals surface area contributed by atoms with Crippen LogP contribution in [0.1, 0.15) is 5.56 Å². The molecule has 0 spiro atoms. The number of dihydropyridines is 1. The molecule has 1 unspecified atom stereocenters. The maximum atomic E-state index is 12.9. The van der Waals surface area contributed by atoms with Gasteiger partial charge in [0, 0.05) is 6.21 Å². The molecule has 0 bridgehead atoms. The summed E-state index contributed by atoms with van der Waals surface area (Å²) in [6, 6.07) is 4.39. The number of benzene rings is 1. The molecule has 1 aromatic carbocycles. The van der Waals surface area contributed by atoms with Gasteiger partial charge >= 0.3 is 0 Å². The van der Waals surface area contributed by atoms with Gasteiger partial charge in [-0.1, -0.05) is 17.7 Å². The molecule has 1 aliphatic heterocycles. The van der Waals surface area contributed by atoms with Gasteiger partial charge < -0.3 is 5.11 Å². The highest BCUT2D eigenvalue weighted by Crippen LogP contribution is 2.24. The molecule has 0 saturated heterocycles. The van der Waals surface area contributed by atoms with E-state index >= 15 is 0 Å². The summed E-state index contributed by atoms with van der Waals surface area (Å²) in [7, 11) is 0. The molecule has 0 radical (unpaired) electrons. The van der Waals surface area contributed by atoms with Crippen LogP contribution in [-0.2, 0) is 0 Å². The topological polar surface area (TPSA) is 32.6 Å². The first-order valence-corrected chi connectivity index (χ1v) is 4.90. The molecule has 0 aliphatic carbocycles. The Morgan fingerprint density at radius 1 is 1.47 bits per heavy atom. The summed E-state index contributed by atoms with van der Waals surface area (Å²) in [6.45, 7) is 0.334. The average molecular weight is 226 g/mol. The third-order valence-corrected chi connectivity index (χ3v) is 2.54. The summed E-state index contributed by atoms with van der Waals surface area (Å²) in [6.07, 6.45) is 2.69. The van der Waals surface area contributed by atoms with Gasteiger partial charge in [0.05, 0.1) is 17.7 Å². The van der Waals surface area contributed by atoms with Crippen LogP contribution in [0.5, 0.6) is 0 Å². The van der Waals surface area contributed by atoms with E-state index in [9.17, 15) is 9.50 Å². The van der Waals surface area contributed by atoms with E-state index < -0.39 is 11.9 Å². The maximum Gasteiger partial charge on any atom is 0.141 e. The largest absolute Gasteiger partial charge is 0.386 e. The Bertz CT molecular complexity index is 442. The molecule has 0 amide bonds. The van der Waals surface area contributed by atoms with Crippen molar-refractivity contribution in [2.24, 2.45) is 4.99 Å². The Kier molecular flexibility index (Phi) is 2.84. The van der Waals surface area contributed by atoms with Gasteiger partial charge in [0.2, 0.25) is 0 Å². The average Bonchev–Trinajstić information content (AvgIpc) is 2.23. The first kappa shape index (κ1) is 10.3. The van der Waals surface area contributed by atoms with Crippen LogP contribution in [0.3, 0.4) is 0 Å². The number of aliphatic imine (C=N–C) groups is 1. The minimum absolute atomic E-state index is 0.0584. The molecule has 2 nitrogen and oxygen atoms in total. The molecule has 78 valence electrons. The molecule has 0 fully saturated rings. The maximum absolute atomic E-state index is 12.9. The lowest BCUT2D eigenvalue weighted by Gasteiger charge is -2.16. The summed E-state index contributed by atoms with van der Waals surface area (Å²) in [4.78, 5) is 3.92. The lowest BCUT2D eigenvalue weighted by Crippen LogP contribution is -2.16. The standard InChI is InChI=1S/C11H9ClFNO/c12-9-5-7(1-2-10(9)13)8-3-4-14-6-11(8)15/h1-5,11,15H,6H2. The number of hydrogen-bond donors (Lipinski definition) is 1. The minimum Gasteiger partial charge on any atom is -0.386 e. The second-order valence-corrected chi connectivity index (χ2v) is 3.69. The number of aliphatic hydroxyl groups excluding tert-OH is 1. The van der Waals surface area contributed by atoms with Crippen LogP contribution in [0.15, 0.2) is 29.3 Å². The number of aliphatic hydroxyl groups is 1. The predicted octanol–water partition coefficient (Wildman–Crippen LogP) is 2.31. The van der Waals surface area contributed by atoms with E-state index in [0.717, 1.165) is 5.56 Å². The second-order valence-electron chi connectivity index (χ2n) is 3.28. The fourth-order valence-electron chi connectivity index (χ4n) is 1.47. The Labute approximate surface area is 91.7 Å². The quantitative estimate of drug-likeness (QED) is 0.782. The monoisotopic (exact) mass is 225 g/mol. The van der Waals surface area contributed by atoms with Gasteiger partial charge in [-0.15, -0.1) is 0 Å². The molecule has 1 atom stereocenters. The van der Waals surface area contributed by atoms with Crippen LogP contribution in [-0.4, -0.2) is 24.0 Å². The van der Waals surface area contributed by atoms with Crippen LogP contribution in [0, 0.1) is 5.82 Å². The summed E-state index contributed by atoms with van der Waals surface area (Å²) >= 11 is 5.66. The van der Waals surface area contributed by atoms with Crippen molar-refractivity contribution < 1.29 is 9.50 Å². The molecular weight excluding hydrogens is 217 g/mol. The Morgan fingerprint density at radius 2 is 2.27 bits per heavy atom. The van der Waals surface area contributed by atoms with Crippen molar-refractivity contribution >= 4 is 23.4 Å². The van der Waals surface area contributed by atoms with E-state index in [4.69, 9.17) is 11.6 Å². The summed E-state index contributed by atoms with van der Waals surface area (Å²) < 4.78 is 12.9. The second kappa shape index (κ2) is 4.13. The van der Waals surface area contributed by atoms with E-state index in [-0.39, 0.29) is 5.02 Å². The fourth-order valence-corrected chi connectivity index (χ4v) is 1.65. The van der Waals surface area contributed by atoms with Crippen molar-refractivity contribution in [1.29, 1.82) is 0 Å². The van der Waals surface area contributed by atoms with Gasteiger partial charge in [0.1, 0.15) is 5.82 Å². The van der Waals surface area contributed by atoms with E-state index in [1.54, 1.807) is 18.4 Å². The van der Waals surface area contributed by atoms with E-state index in [2.05, 4.69) is 4.99 Å². The van der Waals surface area contributed by atoms with E-state index in [0.29, 0.717) is 12.1 Å². The Hall–Kier alpha value is -1.19. The van der Waals surface area contributed by atoms with Crippen molar-refractivity contribution in [3.8, 4) is 0 Å². The molecule has 2 rings (SSSR count). The van der Waals surface area contributed by atoms with Crippen LogP contribution in [0.2, 0.25) is 5.02 Å². The lowest BCUT2D eigenvalue weighted by molar-refractivity contribution is 0.240. The third-order valence-electron chi connectivity index (χ3n) is 2.25. The summed E-state index contributed by atoms with van der Waals surface area (Å²) in [5.41, 5.74) is 1.44. The van der Waals surface area contributed by atoms with E-state index in [1.165, 1.54) is 12.1 Å². The van der Waals surface area contributed by atoms with Crippen LogP contribution < -0.4 is 0 Å². The zero-order chi connectivity index (χ0) is 10.8. The van der Waals surface area contributed by atoms with Crippen LogP contribution >= 0.6 is 11.6 Å². The number of rotatable bonds is 1. The van der Waals surface area contributed by atoms with Gasteiger partial charge in [0.25, 0.3) is 0 Å². The molecule has 1 N–H and O–H groups in total. The van der Waals surface area contributed by atoms with Crippen molar-refractivity contribution in [2.45, 2.75) is 6.10 Å². The van der Waals surface area contributed by atoms with Crippen molar-refractivity contribution in [3.63, 3.8) is 0 Å². The van der Waals surface area contributed by atoms with Crippen LogP contribution in [0.4, 0.5) is 4.39 Å². The van der Waals surface area contributed by atoms with Crippen molar-refractivity contribution in [2.75, 3.05) is 6.54 Å². The zero-order valence-electron chi connectivity index (χ0n) is 7.82.